The van der Waals surface area contributed by atoms with E-state index in [4.69, 9.17) is 9.47 Å². The Hall–Kier alpha value is -1.46. The summed E-state index contributed by atoms with van der Waals surface area (Å²) in [6, 6.07) is 5.84. The first-order valence-corrected chi connectivity index (χ1v) is 8.04. The van der Waals surface area contributed by atoms with Crippen LogP contribution in [0.1, 0.15) is 31.9 Å². The Bertz CT molecular complexity index is 508. The molecule has 2 saturated heterocycles. The van der Waals surface area contributed by atoms with Gasteiger partial charge in [-0.2, -0.15) is 0 Å². The average molecular weight is 304 g/mol. The highest BCUT2D eigenvalue weighted by atomic mass is 16.5. The summed E-state index contributed by atoms with van der Waals surface area (Å²) in [5.74, 6) is 0.146. The highest BCUT2D eigenvalue weighted by molar-refractivity contribution is 5.73. The number of hydrogen-bond acceptors (Lipinski definition) is 4. The molecule has 3 rings (SSSR count). The molecule has 2 fully saturated rings. The lowest BCUT2D eigenvalue weighted by Crippen LogP contribution is -2.57. The maximum Gasteiger partial charge on any atom is 0.219 e. The van der Waals surface area contributed by atoms with Crippen molar-refractivity contribution in [1.82, 2.24) is 9.88 Å². The summed E-state index contributed by atoms with van der Waals surface area (Å²) in [4.78, 5) is 18.0. The molecule has 120 valence electrons. The lowest BCUT2D eigenvalue weighted by atomic mass is 9.73. The topological polar surface area (TPSA) is 51.7 Å². The number of fused-ring (bicyclic) bond motifs is 1. The number of hydrogen-bond donors (Lipinski definition) is 0. The van der Waals surface area contributed by atoms with Gasteiger partial charge in [-0.1, -0.05) is 6.07 Å². The number of carbonyl (C=O) groups is 1. The van der Waals surface area contributed by atoms with E-state index in [1.54, 1.807) is 13.1 Å². The van der Waals surface area contributed by atoms with Crippen LogP contribution >= 0.6 is 0 Å². The van der Waals surface area contributed by atoms with E-state index in [0.29, 0.717) is 13.2 Å². The van der Waals surface area contributed by atoms with Crippen molar-refractivity contribution in [2.75, 3.05) is 26.3 Å². The van der Waals surface area contributed by atoms with Crippen molar-refractivity contribution < 1.29 is 14.3 Å². The van der Waals surface area contributed by atoms with Crippen LogP contribution in [0.3, 0.4) is 0 Å². The molecular weight excluding hydrogens is 280 g/mol. The van der Waals surface area contributed by atoms with Gasteiger partial charge in [0.25, 0.3) is 0 Å². The second-order valence-electron chi connectivity index (χ2n) is 6.37. The quantitative estimate of drug-likeness (QED) is 0.854. The van der Waals surface area contributed by atoms with Crippen LogP contribution < -0.4 is 0 Å². The summed E-state index contributed by atoms with van der Waals surface area (Å²) in [5, 5.41) is 0. The van der Waals surface area contributed by atoms with Gasteiger partial charge in [0.1, 0.15) is 0 Å². The minimum atomic E-state index is -0.0586. The molecule has 0 unspecified atom stereocenters. The fourth-order valence-corrected chi connectivity index (χ4v) is 3.61. The van der Waals surface area contributed by atoms with Crippen LogP contribution in [0.5, 0.6) is 0 Å². The van der Waals surface area contributed by atoms with Gasteiger partial charge in [-0.25, -0.2) is 0 Å². The molecule has 0 radical (unpaired) electrons. The first-order chi connectivity index (χ1) is 10.7. The smallest absolute Gasteiger partial charge is 0.219 e. The van der Waals surface area contributed by atoms with Gasteiger partial charge in [0.05, 0.1) is 25.0 Å². The van der Waals surface area contributed by atoms with E-state index in [0.717, 1.165) is 44.7 Å². The van der Waals surface area contributed by atoms with Crippen LogP contribution in [0.25, 0.3) is 0 Å². The SMILES string of the molecule is CC(=O)N1CC[C@@H]2OCCC[C@@]2(COCc2ccccn2)C1. The third-order valence-electron chi connectivity index (χ3n) is 4.80. The van der Waals surface area contributed by atoms with Crippen LogP contribution in [0.4, 0.5) is 0 Å². The number of aromatic nitrogens is 1. The van der Waals surface area contributed by atoms with Crippen molar-refractivity contribution in [2.24, 2.45) is 5.41 Å². The third-order valence-corrected chi connectivity index (χ3v) is 4.80. The van der Waals surface area contributed by atoms with Gasteiger partial charge in [-0.3, -0.25) is 9.78 Å². The van der Waals surface area contributed by atoms with Gasteiger partial charge >= 0.3 is 0 Å². The minimum absolute atomic E-state index is 0.0586. The summed E-state index contributed by atoms with van der Waals surface area (Å²) >= 11 is 0. The zero-order chi connectivity index (χ0) is 15.4. The number of amides is 1. The first-order valence-electron chi connectivity index (χ1n) is 8.04. The number of ether oxygens (including phenoxy) is 2. The molecule has 0 saturated carbocycles. The van der Waals surface area contributed by atoms with Gasteiger partial charge in [-0.15, -0.1) is 0 Å². The van der Waals surface area contributed by atoms with Crippen LogP contribution in [0, 0.1) is 5.41 Å². The summed E-state index contributed by atoms with van der Waals surface area (Å²) in [7, 11) is 0. The second kappa shape index (κ2) is 6.75. The van der Waals surface area contributed by atoms with Crippen molar-refractivity contribution >= 4 is 5.91 Å². The molecule has 0 spiro atoms. The number of piperidine rings is 1. The lowest BCUT2D eigenvalue weighted by molar-refractivity contribution is -0.164. The van der Waals surface area contributed by atoms with Crippen molar-refractivity contribution in [1.29, 1.82) is 0 Å². The lowest BCUT2D eigenvalue weighted by Gasteiger charge is -2.50. The Morgan fingerprint density at radius 1 is 1.55 bits per heavy atom. The van der Waals surface area contributed by atoms with Crippen molar-refractivity contribution in [3.8, 4) is 0 Å². The Kier molecular flexibility index (Phi) is 4.74. The number of pyridine rings is 1. The molecule has 0 aliphatic carbocycles. The molecule has 1 amide bonds. The average Bonchev–Trinajstić information content (AvgIpc) is 2.55. The van der Waals surface area contributed by atoms with E-state index in [-0.39, 0.29) is 17.4 Å². The van der Waals surface area contributed by atoms with Gasteiger partial charge in [0.15, 0.2) is 0 Å². The minimum Gasteiger partial charge on any atom is -0.377 e. The Morgan fingerprint density at radius 3 is 3.23 bits per heavy atom. The van der Waals surface area contributed by atoms with Gasteiger partial charge in [0, 0.05) is 38.2 Å². The fourth-order valence-electron chi connectivity index (χ4n) is 3.61. The van der Waals surface area contributed by atoms with E-state index in [1.807, 2.05) is 23.1 Å². The molecule has 2 aliphatic rings. The number of nitrogens with zero attached hydrogens (tertiary/aromatic N) is 2. The van der Waals surface area contributed by atoms with Crippen LogP contribution in [0.2, 0.25) is 0 Å². The van der Waals surface area contributed by atoms with Crippen molar-refractivity contribution in [2.45, 2.75) is 38.9 Å². The number of likely N-dealkylation sites (tertiary alicyclic amines) is 1. The standard InChI is InChI=1S/C17H24N2O3/c1-14(20)19-9-6-16-17(12-19,7-4-10-22-16)13-21-11-15-5-2-3-8-18-15/h2-3,5,8,16H,4,6-7,9-13H2,1H3/t16-,17-/m0/s1. The van der Waals surface area contributed by atoms with Crippen LogP contribution in [-0.4, -0.2) is 48.2 Å². The van der Waals surface area contributed by atoms with Gasteiger partial charge < -0.3 is 14.4 Å². The molecule has 0 bridgehead atoms. The normalized spacial score (nSPS) is 28.2. The molecule has 5 nitrogen and oxygen atoms in total. The van der Waals surface area contributed by atoms with Crippen LogP contribution in [0.15, 0.2) is 24.4 Å². The van der Waals surface area contributed by atoms with Crippen LogP contribution in [-0.2, 0) is 20.9 Å². The number of rotatable bonds is 4. The summed E-state index contributed by atoms with van der Waals surface area (Å²) in [6.45, 7) is 5.14. The van der Waals surface area contributed by atoms with Crippen molar-refractivity contribution in [3.63, 3.8) is 0 Å². The van der Waals surface area contributed by atoms with E-state index < -0.39 is 0 Å². The van der Waals surface area contributed by atoms with E-state index in [9.17, 15) is 4.79 Å². The predicted molar refractivity (Wildman–Crippen MR) is 82.2 cm³/mol. The molecule has 0 N–H and O–H groups in total. The van der Waals surface area contributed by atoms with E-state index >= 15 is 0 Å². The summed E-state index contributed by atoms with van der Waals surface area (Å²) in [6.07, 6.45) is 4.99. The third kappa shape index (κ3) is 3.31. The molecule has 5 heteroatoms. The predicted octanol–water partition coefficient (Wildman–Crippen LogP) is 2.02. The van der Waals surface area contributed by atoms with E-state index in [2.05, 4.69) is 4.98 Å². The summed E-state index contributed by atoms with van der Waals surface area (Å²) in [5.41, 5.74) is 0.878. The Morgan fingerprint density at radius 2 is 2.45 bits per heavy atom. The van der Waals surface area contributed by atoms with E-state index in [1.165, 1.54) is 0 Å². The maximum absolute atomic E-state index is 11.7. The molecule has 22 heavy (non-hydrogen) atoms. The maximum atomic E-state index is 11.7. The Balaban J connectivity index is 1.64. The first kappa shape index (κ1) is 15.4. The Labute approximate surface area is 131 Å². The molecule has 1 aromatic rings. The van der Waals surface area contributed by atoms with Gasteiger partial charge in [-0.05, 0) is 31.4 Å². The zero-order valence-electron chi connectivity index (χ0n) is 13.2. The summed E-state index contributed by atoms with van der Waals surface area (Å²) < 4.78 is 11.9. The zero-order valence-corrected chi connectivity index (χ0v) is 13.2. The highest BCUT2D eigenvalue weighted by Crippen LogP contribution is 2.40. The molecule has 2 atom stereocenters. The fraction of sp³-hybridized carbons (Fsp3) is 0.647. The largest absolute Gasteiger partial charge is 0.377 e. The second-order valence-corrected chi connectivity index (χ2v) is 6.37. The monoisotopic (exact) mass is 304 g/mol. The van der Waals surface area contributed by atoms with Crippen molar-refractivity contribution in [3.05, 3.63) is 30.1 Å². The van der Waals surface area contributed by atoms with Gasteiger partial charge in [0.2, 0.25) is 5.91 Å². The molecule has 3 heterocycles. The highest BCUT2D eigenvalue weighted by Gasteiger charge is 2.46. The molecule has 0 aromatic carbocycles. The molecule has 1 aromatic heterocycles. The molecular formula is C17H24N2O3. The molecule has 2 aliphatic heterocycles. The number of carbonyl (C=O) groups excluding carboxylic acids is 1.